The first-order valence-corrected chi connectivity index (χ1v) is 5.86. The van der Waals surface area contributed by atoms with E-state index >= 15 is 0 Å². The number of likely N-dealkylation sites (N-methyl/N-ethyl adjacent to an activating group) is 2. The lowest BCUT2D eigenvalue weighted by atomic mass is 10.3. The van der Waals surface area contributed by atoms with Gasteiger partial charge in [-0.1, -0.05) is 5.16 Å². The molecule has 0 aromatic carbocycles. The van der Waals surface area contributed by atoms with E-state index in [9.17, 15) is 4.79 Å². The molecule has 7 nitrogen and oxygen atoms in total. The largest absolute Gasteiger partial charge is 0.337 e. The zero-order valence-corrected chi connectivity index (χ0v) is 11.6. The fourth-order valence-electron chi connectivity index (χ4n) is 1.30. The van der Waals surface area contributed by atoms with Gasteiger partial charge in [-0.2, -0.15) is 4.98 Å². The van der Waals surface area contributed by atoms with Gasteiger partial charge in [-0.05, 0) is 27.9 Å². The molecule has 18 heavy (non-hydrogen) atoms. The van der Waals surface area contributed by atoms with E-state index < -0.39 is 0 Å². The maximum Gasteiger partial charge on any atom is 0.317 e. The molecule has 0 aliphatic rings. The second kappa shape index (κ2) is 6.34. The molecule has 0 fully saturated rings. The number of nitrogens with zero attached hydrogens (tertiary/aromatic N) is 4. The molecule has 0 saturated heterocycles. The summed E-state index contributed by atoms with van der Waals surface area (Å²) in [5.74, 6) is 0.980. The van der Waals surface area contributed by atoms with Gasteiger partial charge in [0.2, 0.25) is 5.89 Å². The lowest BCUT2D eigenvalue weighted by Crippen LogP contribution is -2.41. The Morgan fingerprint density at radius 1 is 1.39 bits per heavy atom. The predicted octanol–water partition coefficient (Wildman–Crippen LogP) is 0.642. The van der Waals surface area contributed by atoms with E-state index in [1.165, 1.54) is 0 Å². The van der Waals surface area contributed by atoms with Crippen LogP contribution in [0.3, 0.4) is 0 Å². The SMILES string of the molecule is Cc1noc([C@@H](C)NC(=O)N(C)CCN(C)C)n1. The first-order valence-electron chi connectivity index (χ1n) is 5.86. The van der Waals surface area contributed by atoms with Crippen LogP contribution < -0.4 is 5.32 Å². The molecule has 0 aliphatic heterocycles. The van der Waals surface area contributed by atoms with Crippen LogP contribution in [0.5, 0.6) is 0 Å². The van der Waals surface area contributed by atoms with E-state index in [1.807, 2.05) is 25.9 Å². The van der Waals surface area contributed by atoms with Gasteiger partial charge < -0.3 is 19.6 Å². The third kappa shape index (κ3) is 4.33. The summed E-state index contributed by atoms with van der Waals surface area (Å²) in [6, 6.07) is -0.444. The molecular weight excluding hydrogens is 234 g/mol. The second-order valence-electron chi connectivity index (χ2n) is 4.58. The molecule has 1 aromatic rings. The van der Waals surface area contributed by atoms with Gasteiger partial charge >= 0.3 is 6.03 Å². The summed E-state index contributed by atoms with van der Waals surface area (Å²) in [7, 11) is 5.69. The molecule has 1 rings (SSSR count). The van der Waals surface area contributed by atoms with Crippen molar-refractivity contribution >= 4 is 6.03 Å². The van der Waals surface area contributed by atoms with E-state index in [2.05, 4.69) is 15.5 Å². The normalized spacial score (nSPS) is 12.6. The van der Waals surface area contributed by atoms with Gasteiger partial charge in [0.1, 0.15) is 6.04 Å². The average Bonchev–Trinajstić information content (AvgIpc) is 2.72. The number of rotatable bonds is 5. The summed E-state index contributed by atoms with van der Waals surface area (Å²) in [6.45, 7) is 5.03. The van der Waals surface area contributed by atoms with Crippen LogP contribution in [0, 0.1) is 6.92 Å². The molecule has 0 radical (unpaired) electrons. The van der Waals surface area contributed by atoms with Crippen molar-refractivity contribution < 1.29 is 9.32 Å². The Bertz CT molecular complexity index is 391. The molecule has 1 aromatic heterocycles. The smallest absolute Gasteiger partial charge is 0.317 e. The monoisotopic (exact) mass is 255 g/mol. The number of hydrogen-bond acceptors (Lipinski definition) is 5. The summed E-state index contributed by atoms with van der Waals surface area (Å²) >= 11 is 0. The molecule has 1 N–H and O–H groups in total. The fourth-order valence-corrected chi connectivity index (χ4v) is 1.30. The summed E-state index contributed by atoms with van der Waals surface area (Å²) < 4.78 is 5.00. The Morgan fingerprint density at radius 3 is 2.56 bits per heavy atom. The first kappa shape index (κ1) is 14.4. The Kier molecular flexibility index (Phi) is 5.08. The van der Waals surface area contributed by atoms with Crippen molar-refractivity contribution in [1.29, 1.82) is 0 Å². The molecule has 2 amide bonds. The van der Waals surface area contributed by atoms with E-state index in [4.69, 9.17) is 4.52 Å². The lowest BCUT2D eigenvalue weighted by Gasteiger charge is -2.21. The molecule has 0 aliphatic carbocycles. The third-order valence-electron chi connectivity index (χ3n) is 2.48. The van der Waals surface area contributed by atoms with Crippen LogP contribution in [0.25, 0.3) is 0 Å². The van der Waals surface area contributed by atoms with Gasteiger partial charge in [0.15, 0.2) is 5.82 Å². The van der Waals surface area contributed by atoms with Crippen LogP contribution >= 0.6 is 0 Å². The van der Waals surface area contributed by atoms with Crippen molar-refractivity contribution in [1.82, 2.24) is 25.3 Å². The Hall–Kier alpha value is -1.63. The van der Waals surface area contributed by atoms with Gasteiger partial charge in [-0.25, -0.2) is 4.79 Å². The van der Waals surface area contributed by atoms with Crippen molar-refractivity contribution in [2.45, 2.75) is 19.9 Å². The summed E-state index contributed by atoms with van der Waals surface area (Å²) in [6.07, 6.45) is 0. The summed E-state index contributed by atoms with van der Waals surface area (Å²) in [5.41, 5.74) is 0. The first-order chi connectivity index (χ1) is 8.40. The van der Waals surface area contributed by atoms with Crippen molar-refractivity contribution in [2.24, 2.45) is 0 Å². The maximum atomic E-state index is 11.9. The molecule has 1 atom stereocenters. The van der Waals surface area contributed by atoms with Crippen LogP contribution in [0.2, 0.25) is 0 Å². The minimum Gasteiger partial charge on any atom is -0.337 e. The number of nitrogens with one attached hydrogen (secondary N) is 1. The molecular formula is C11H21N5O2. The molecule has 7 heteroatoms. The van der Waals surface area contributed by atoms with Crippen molar-refractivity contribution in [3.63, 3.8) is 0 Å². The van der Waals surface area contributed by atoms with Crippen LogP contribution in [0.4, 0.5) is 4.79 Å². The highest BCUT2D eigenvalue weighted by molar-refractivity contribution is 5.74. The molecule has 0 saturated carbocycles. The number of aryl methyl sites for hydroxylation is 1. The molecule has 0 bridgehead atoms. The van der Waals surface area contributed by atoms with E-state index in [-0.39, 0.29) is 12.1 Å². The zero-order chi connectivity index (χ0) is 13.7. The minimum absolute atomic E-state index is 0.153. The third-order valence-corrected chi connectivity index (χ3v) is 2.48. The second-order valence-corrected chi connectivity index (χ2v) is 4.58. The number of carbonyl (C=O) groups excluding carboxylic acids is 1. The molecule has 0 spiro atoms. The van der Waals surface area contributed by atoms with Gasteiger partial charge in [-0.3, -0.25) is 0 Å². The number of hydrogen-bond donors (Lipinski definition) is 1. The lowest BCUT2D eigenvalue weighted by molar-refractivity contribution is 0.197. The highest BCUT2D eigenvalue weighted by atomic mass is 16.5. The number of amides is 2. The van der Waals surface area contributed by atoms with Crippen molar-refractivity contribution in [2.75, 3.05) is 34.2 Å². The number of carbonyl (C=O) groups is 1. The Balaban J connectivity index is 2.44. The Morgan fingerprint density at radius 2 is 2.06 bits per heavy atom. The van der Waals surface area contributed by atoms with E-state index in [0.29, 0.717) is 18.3 Å². The number of aromatic nitrogens is 2. The zero-order valence-electron chi connectivity index (χ0n) is 11.6. The summed E-state index contributed by atoms with van der Waals surface area (Å²) in [5, 5.41) is 6.50. The van der Waals surface area contributed by atoms with Crippen molar-refractivity contribution in [3.05, 3.63) is 11.7 Å². The van der Waals surface area contributed by atoms with Gasteiger partial charge in [-0.15, -0.1) is 0 Å². The molecule has 1 heterocycles. The highest BCUT2D eigenvalue weighted by Crippen LogP contribution is 2.09. The maximum absolute atomic E-state index is 11.9. The average molecular weight is 255 g/mol. The molecule has 0 unspecified atom stereocenters. The highest BCUT2D eigenvalue weighted by Gasteiger charge is 2.17. The van der Waals surface area contributed by atoms with Gasteiger partial charge in [0.25, 0.3) is 0 Å². The molecule has 102 valence electrons. The topological polar surface area (TPSA) is 74.5 Å². The van der Waals surface area contributed by atoms with E-state index in [1.54, 1.807) is 18.9 Å². The summed E-state index contributed by atoms with van der Waals surface area (Å²) in [4.78, 5) is 19.6. The van der Waals surface area contributed by atoms with Crippen LogP contribution in [0.15, 0.2) is 4.52 Å². The fraction of sp³-hybridized carbons (Fsp3) is 0.727. The Labute approximate surface area is 107 Å². The number of urea groups is 1. The van der Waals surface area contributed by atoms with Crippen molar-refractivity contribution in [3.8, 4) is 0 Å². The predicted molar refractivity (Wildman–Crippen MR) is 67.2 cm³/mol. The minimum atomic E-state index is -0.291. The van der Waals surface area contributed by atoms with Gasteiger partial charge in [0, 0.05) is 20.1 Å². The van der Waals surface area contributed by atoms with Crippen LogP contribution in [-0.2, 0) is 0 Å². The van der Waals surface area contributed by atoms with Crippen LogP contribution in [0.1, 0.15) is 24.7 Å². The van der Waals surface area contributed by atoms with Crippen LogP contribution in [-0.4, -0.2) is 60.2 Å². The van der Waals surface area contributed by atoms with E-state index in [0.717, 1.165) is 6.54 Å². The standard InChI is InChI=1S/C11H21N5O2/c1-8(10-13-9(2)14-18-10)12-11(17)16(5)7-6-15(3)4/h8H,6-7H2,1-5H3,(H,12,17)/t8-/m1/s1. The quantitative estimate of drug-likeness (QED) is 0.835. The van der Waals surface area contributed by atoms with Gasteiger partial charge in [0.05, 0.1) is 0 Å².